The van der Waals surface area contributed by atoms with E-state index in [4.69, 9.17) is 4.74 Å². The van der Waals surface area contributed by atoms with Gasteiger partial charge in [0.15, 0.2) is 11.5 Å². The van der Waals surface area contributed by atoms with Crippen LogP contribution in [0.5, 0.6) is 11.5 Å². The molecule has 1 aromatic carbocycles. The Kier molecular flexibility index (Phi) is 2.91. The maximum Gasteiger partial charge on any atom is 0.172 e. The van der Waals surface area contributed by atoms with Gasteiger partial charge in [0.25, 0.3) is 0 Å². The summed E-state index contributed by atoms with van der Waals surface area (Å²) in [6.45, 7) is 4.72. The maximum atomic E-state index is 9.86. The van der Waals surface area contributed by atoms with E-state index in [1.54, 1.807) is 0 Å². The van der Waals surface area contributed by atoms with Gasteiger partial charge in [0.2, 0.25) is 0 Å². The summed E-state index contributed by atoms with van der Waals surface area (Å²) in [5.74, 6) is 1.55. The Labute approximate surface area is 98.4 Å². The van der Waals surface area contributed by atoms with Crippen LogP contribution in [0.1, 0.15) is 24.0 Å². The zero-order valence-electron chi connectivity index (χ0n) is 9.01. The smallest absolute Gasteiger partial charge is 0.172 e. The molecule has 1 N–H and O–H groups in total. The first-order chi connectivity index (χ1) is 7.09. The molecule has 1 fully saturated rings. The van der Waals surface area contributed by atoms with E-state index >= 15 is 0 Å². The molecule has 3 heteroatoms. The number of rotatable bonds is 3. The highest BCUT2D eigenvalue weighted by atomic mass is 79.9. The van der Waals surface area contributed by atoms with Crippen molar-refractivity contribution in [2.75, 3.05) is 6.61 Å². The molecule has 0 aromatic heterocycles. The molecular formula is C12H15BrO2. The summed E-state index contributed by atoms with van der Waals surface area (Å²) in [5.41, 5.74) is 2.15. The summed E-state index contributed by atoms with van der Waals surface area (Å²) in [5, 5.41) is 9.86. The van der Waals surface area contributed by atoms with Gasteiger partial charge in [0.05, 0.1) is 11.1 Å². The van der Waals surface area contributed by atoms with E-state index < -0.39 is 0 Å². The minimum atomic E-state index is 0.221. The number of hydrogen-bond acceptors (Lipinski definition) is 2. The number of hydrogen-bond donors (Lipinski definition) is 1. The van der Waals surface area contributed by atoms with Crippen molar-refractivity contribution in [3.8, 4) is 11.5 Å². The molecule has 2 nitrogen and oxygen atoms in total. The van der Waals surface area contributed by atoms with Crippen LogP contribution in [0.2, 0.25) is 0 Å². The van der Waals surface area contributed by atoms with Gasteiger partial charge in [0.1, 0.15) is 0 Å². The topological polar surface area (TPSA) is 29.5 Å². The maximum absolute atomic E-state index is 9.86. The Morgan fingerprint density at radius 2 is 2.13 bits per heavy atom. The van der Waals surface area contributed by atoms with Gasteiger partial charge < -0.3 is 9.84 Å². The average molecular weight is 271 g/mol. The second kappa shape index (κ2) is 4.05. The SMILES string of the molecule is Cc1cc(Br)c(O)c(OCC2CC2)c1C. The lowest BCUT2D eigenvalue weighted by Gasteiger charge is -2.13. The Morgan fingerprint density at radius 1 is 1.47 bits per heavy atom. The molecule has 82 valence electrons. The van der Waals surface area contributed by atoms with Crippen molar-refractivity contribution >= 4 is 15.9 Å². The van der Waals surface area contributed by atoms with Crippen LogP contribution < -0.4 is 4.74 Å². The van der Waals surface area contributed by atoms with Crippen LogP contribution in [0, 0.1) is 19.8 Å². The summed E-state index contributed by atoms with van der Waals surface area (Å²) >= 11 is 3.32. The number of halogens is 1. The van der Waals surface area contributed by atoms with E-state index in [1.807, 2.05) is 19.9 Å². The number of phenols is 1. The van der Waals surface area contributed by atoms with Crippen LogP contribution in [0.25, 0.3) is 0 Å². The molecule has 0 radical (unpaired) electrons. The summed E-state index contributed by atoms with van der Waals surface area (Å²) < 4.78 is 6.38. The van der Waals surface area contributed by atoms with Gasteiger partial charge in [0, 0.05) is 0 Å². The third kappa shape index (κ3) is 2.28. The van der Waals surface area contributed by atoms with E-state index in [0.29, 0.717) is 16.1 Å². The lowest BCUT2D eigenvalue weighted by Crippen LogP contribution is -2.02. The standard InChI is InChI=1S/C12H15BrO2/c1-7-5-10(13)11(14)12(8(7)2)15-6-9-3-4-9/h5,9,14H,3-4,6H2,1-2H3. The number of benzene rings is 1. The van der Waals surface area contributed by atoms with Crippen molar-refractivity contribution in [2.24, 2.45) is 5.92 Å². The minimum absolute atomic E-state index is 0.221. The van der Waals surface area contributed by atoms with Crippen molar-refractivity contribution in [3.05, 3.63) is 21.7 Å². The molecule has 1 aliphatic carbocycles. The van der Waals surface area contributed by atoms with Crippen LogP contribution in [0.4, 0.5) is 0 Å². The van der Waals surface area contributed by atoms with Crippen molar-refractivity contribution in [1.29, 1.82) is 0 Å². The van der Waals surface area contributed by atoms with Crippen LogP contribution in [0.15, 0.2) is 10.5 Å². The van der Waals surface area contributed by atoms with Crippen molar-refractivity contribution < 1.29 is 9.84 Å². The fraction of sp³-hybridized carbons (Fsp3) is 0.500. The molecule has 0 spiro atoms. The lowest BCUT2D eigenvalue weighted by atomic mass is 10.1. The summed E-state index contributed by atoms with van der Waals surface area (Å²) in [6.07, 6.45) is 2.51. The molecule has 0 saturated heterocycles. The molecule has 15 heavy (non-hydrogen) atoms. The highest BCUT2D eigenvalue weighted by molar-refractivity contribution is 9.10. The summed E-state index contributed by atoms with van der Waals surface area (Å²) in [7, 11) is 0. The first-order valence-corrected chi connectivity index (χ1v) is 6.00. The number of ether oxygens (including phenoxy) is 1. The lowest BCUT2D eigenvalue weighted by molar-refractivity contribution is 0.281. The Hall–Kier alpha value is -0.700. The quantitative estimate of drug-likeness (QED) is 0.910. The van der Waals surface area contributed by atoms with Crippen molar-refractivity contribution in [2.45, 2.75) is 26.7 Å². The van der Waals surface area contributed by atoms with Crippen molar-refractivity contribution in [3.63, 3.8) is 0 Å². The van der Waals surface area contributed by atoms with Crippen LogP contribution >= 0.6 is 15.9 Å². The largest absolute Gasteiger partial charge is 0.503 e. The fourth-order valence-corrected chi connectivity index (χ4v) is 2.02. The van der Waals surface area contributed by atoms with E-state index in [2.05, 4.69) is 15.9 Å². The van der Waals surface area contributed by atoms with Crippen LogP contribution in [-0.2, 0) is 0 Å². The number of aromatic hydroxyl groups is 1. The molecule has 0 atom stereocenters. The van der Waals surface area contributed by atoms with Gasteiger partial charge >= 0.3 is 0 Å². The molecule has 0 aliphatic heterocycles. The second-order valence-corrected chi connectivity index (χ2v) is 5.09. The molecule has 1 saturated carbocycles. The monoisotopic (exact) mass is 270 g/mol. The highest BCUT2D eigenvalue weighted by Crippen LogP contribution is 2.40. The van der Waals surface area contributed by atoms with Crippen LogP contribution in [-0.4, -0.2) is 11.7 Å². The van der Waals surface area contributed by atoms with E-state index in [-0.39, 0.29) is 5.75 Å². The van der Waals surface area contributed by atoms with E-state index in [0.717, 1.165) is 17.7 Å². The average Bonchev–Trinajstić information content (AvgIpc) is 2.99. The zero-order valence-corrected chi connectivity index (χ0v) is 10.6. The summed E-state index contributed by atoms with van der Waals surface area (Å²) in [6, 6.07) is 1.91. The molecule has 0 bridgehead atoms. The molecule has 1 aliphatic rings. The Morgan fingerprint density at radius 3 is 2.73 bits per heavy atom. The van der Waals surface area contributed by atoms with Gasteiger partial charge in [-0.25, -0.2) is 0 Å². The fourth-order valence-electron chi connectivity index (χ4n) is 1.49. The third-order valence-corrected chi connectivity index (χ3v) is 3.48. The second-order valence-electron chi connectivity index (χ2n) is 4.23. The normalized spacial score (nSPS) is 15.4. The molecule has 2 rings (SSSR count). The molecule has 0 amide bonds. The van der Waals surface area contributed by atoms with E-state index in [1.165, 1.54) is 12.8 Å². The van der Waals surface area contributed by atoms with Gasteiger partial charge in [-0.1, -0.05) is 0 Å². The van der Waals surface area contributed by atoms with Crippen LogP contribution in [0.3, 0.4) is 0 Å². The number of aryl methyl sites for hydroxylation is 1. The third-order valence-electron chi connectivity index (χ3n) is 2.88. The Balaban J connectivity index is 2.25. The van der Waals surface area contributed by atoms with Gasteiger partial charge in [-0.3, -0.25) is 0 Å². The van der Waals surface area contributed by atoms with Gasteiger partial charge in [-0.2, -0.15) is 0 Å². The predicted octanol–water partition coefficient (Wildman–Crippen LogP) is 3.56. The van der Waals surface area contributed by atoms with Crippen molar-refractivity contribution in [1.82, 2.24) is 0 Å². The molecule has 1 aromatic rings. The first kappa shape index (κ1) is 10.8. The highest BCUT2D eigenvalue weighted by Gasteiger charge is 2.23. The molecular weight excluding hydrogens is 256 g/mol. The van der Waals surface area contributed by atoms with E-state index in [9.17, 15) is 5.11 Å². The minimum Gasteiger partial charge on any atom is -0.503 e. The molecule has 0 heterocycles. The summed E-state index contributed by atoms with van der Waals surface area (Å²) in [4.78, 5) is 0. The Bertz CT molecular complexity index is 357. The first-order valence-electron chi connectivity index (χ1n) is 5.21. The van der Waals surface area contributed by atoms with Gasteiger partial charge in [-0.15, -0.1) is 0 Å². The predicted molar refractivity (Wildman–Crippen MR) is 63.5 cm³/mol. The zero-order chi connectivity index (χ0) is 11.0. The van der Waals surface area contributed by atoms with Gasteiger partial charge in [-0.05, 0) is 65.7 Å². The molecule has 0 unspecified atom stereocenters. The number of phenolic OH excluding ortho intramolecular Hbond substituents is 1.